The minimum atomic E-state index is -0.475. The van der Waals surface area contributed by atoms with Gasteiger partial charge in [0.2, 0.25) is 11.8 Å². The number of rotatable bonds is 5. The van der Waals surface area contributed by atoms with Crippen molar-refractivity contribution in [2.45, 2.75) is 26.2 Å². The van der Waals surface area contributed by atoms with Gasteiger partial charge in [-0.15, -0.1) is 0 Å². The molecule has 0 radical (unpaired) electrons. The molecule has 0 aliphatic rings. The summed E-state index contributed by atoms with van der Waals surface area (Å²) in [5, 5.41) is 13.6. The Morgan fingerprint density at radius 1 is 1.45 bits per heavy atom. The van der Waals surface area contributed by atoms with Gasteiger partial charge in [0.1, 0.15) is 5.56 Å². The summed E-state index contributed by atoms with van der Waals surface area (Å²) in [6.45, 7) is 1.98. The molecule has 110 valence electrons. The fourth-order valence-electron chi connectivity index (χ4n) is 1.53. The lowest BCUT2D eigenvalue weighted by Crippen LogP contribution is -2.26. The van der Waals surface area contributed by atoms with Crippen molar-refractivity contribution in [1.29, 1.82) is 0 Å². The summed E-state index contributed by atoms with van der Waals surface area (Å²) in [4.78, 5) is 23.3. The Morgan fingerprint density at radius 2 is 2.10 bits per heavy atom. The van der Waals surface area contributed by atoms with Crippen LogP contribution in [0.15, 0.2) is 9.90 Å². The van der Waals surface area contributed by atoms with Crippen molar-refractivity contribution in [3.8, 4) is 5.88 Å². The molecule has 0 saturated carbocycles. The lowest BCUT2D eigenvalue weighted by atomic mass is 10.2. The highest BCUT2D eigenvalue weighted by atomic mass is 32.1. The average molecular weight is 298 g/mol. The van der Waals surface area contributed by atoms with Crippen LogP contribution in [0.25, 0.3) is 0 Å². The number of nitrogens with zero attached hydrogens (tertiary/aromatic N) is 3. The molecule has 1 amide bonds. The van der Waals surface area contributed by atoms with E-state index in [1.165, 1.54) is 23.2 Å². The third kappa shape index (κ3) is 3.53. The maximum atomic E-state index is 11.9. The van der Waals surface area contributed by atoms with Crippen LogP contribution in [-0.2, 0) is 18.9 Å². The predicted octanol–water partition coefficient (Wildman–Crippen LogP) is 0.799. The van der Waals surface area contributed by atoms with Gasteiger partial charge in [-0.05, 0) is 18.6 Å². The van der Waals surface area contributed by atoms with E-state index in [0.29, 0.717) is 6.42 Å². The average Bonchev–Trinajstić information content (AvgIpc) is 2.44. The molecule has 1 aromatic rings. The fourth-order valence-corrected chi connectivity index (χ4v) is 1.70. The summed E-state index contributed by atoms with van der Waals surface area (Å²) < 4.78 is 2.70. The molecule has 2 N–H and O–H groups in total. The molecule has 8 heteroatoms. The van der Waals surface area contributed by atoms with E-state index in [4.69, 9.17) is 12.2 Å². The molecule has 0 bridgehead atoms. The largest absolute Gasteiger partial charge is 0.494 e. The fraction of sp³-hybridized carbons (Fsp3) is 0.500. The van der Waals surface area contributed by atoms with E-state index in [0.717, 1.165) is 19.1 Å². The molecule has 1 rings (SSSR count). The first-order valence-corrected chi connectivity index (χ1v) is 6.61. The molecule has 0 fully saturated rings. The van der Waals surface area contributed by atoms with E-state index in [9.17, 15) is 14.7 Å². The third-order valence-corrected chi connectivity index (χ3v) is 3.36. The number of aromatic nitrogens is 2. The molecule has 0 saturated heterocycles. The van der Waals surface area contributed by atoms with E-state index < -0.39 is 5.56 Å². The zero-order valence-electron chi connectivity index (χ0n) is 11.7. The number of hydrogen-bond acceptors (Lipinski definition) is 5. The van der Waals surface area contributed by atoms with Crippen LogP contribution in [0.5, 0.6) is 5.88 Å². The maximum Gasteiger partial charge on any atom is 0.266 e. The van der Waals surface area contributed by atoms with Crippen LogP contribution in [0.2, 0.25) is 0 Å². The van der Waals surface area contributed by atoms with Crippen LogP contribution in [0, 0.1) is 4.77 Å². The van der Waals surface area contributed by atoms with Gasteiger partial charge in [0, 0.05) is 20.5 Å². The van der Waals surface area contributed by atoms with Gasteiger partial charge >= 0.3 is 0 Å². The molecule has 20 heavy (non-hydrogen) atoms. The number of unbranched alkanes of at least 4 members (excludes halogenated alkanes) is 1. The first kappa shape index (κ1) is 16.1. The lowest BCUT2D eigenvalue weighted by Gasteiger charge is -2.08. The molecule has 7 nitrogen and oxygen atoms in total. The second kappa shape index (κ2) is 6.99. The highest BCUT2D eigenvalue weighted by molar-refractivity contribution is 7.71. The zero-order chi connectivity index (χ0) is 15.3. The number of carbonyl (C=O) groups excluding carboxylic acids is 1. The van der Waals surface area contributed by atoms with Gasteiger partial charge in [-0.1, -0.05) is 13.3 Å². The van der Waals surface area contributed by atoms with Crippen LogP contribution in [0.1, 0.15) is 31.7 Å². The van der Waals surface area contributed by atoms with Gasteiger partial charge in [-0.2, -0.15) is 5.10 Å². The minimum absolute atomic E-state index is 0.0283. The number of amides is 1. The summed E-state index contributed by atoms with van der Waals surface area (Å²) in [7, 11) is 3.04. The van der Waals surface area contributed by atoms with Gasteiger partial charge in [-0.3, -0.25) is 18.7 Å². The van der Waals surface area contributed by atoms with Gasteiger partial charge in [0.25, 0.3) is 5.56 Å². The van der Waals surface area contributed by atoms with E-state index >= 15 is 0 Å². The van der Waals surface area contributed by atoms with Gasteiger partial charge < -0.3 is 5.11 Å². The molecule has 1 aromatic heterocycles. The van der Waals surface area contributed by atoms with Crippen LogP contribution in [-0.4, -0.2) is 26.4 Å². The number of hydrogen-bond donors (Lipinski definition) is 2. The van der Waals surface area contributed by atoms with Crippen molar-refractivity contribution in [2.75, 3.05) is 0 Å². The van der Waals surface area contributed by atoms with Crippen molar-refractivity contribution in [2.24, 2.45) is 19.2 Å². The van der Waals surface area contributed by atoms with Crippen molar-refractivity contribution < 1.29 is 9.90 Å². The zero-order valence-corrected chi connectivity index (χ0v) is 12.5. The third-order valence-electron chi connectivity index (χ3n) is 2.81. The summed E-state index contributed by atoms with van der Waals surface area (Å²) in [6.07, 6.45) is 3.18. The molecule has 1 heterocycles. The van der Waals surface area contributed by atoms with Crippen LogP contribution >= 0.6 is 12.2 Å². The summed E-state index contributed by atoms with van der Waals surface area (Å²) in [5.74, 6) is -0.520. The van der Waals surface area contributed by atoms with Crippen molar-refractivity contribution in [3.05, 3.63) is 20.7 Å². The number of hydrazone groups is 1. The monoisotopic (exact) mass is 298 g/mol. The lowest BCUT2D eigenvalue weighted by molar-refractivity contribution is -0.121. The summed E-state index contributed by atoms with van der Waals surface area (Å²) in [6, 6.07) is 0. The van der Waals surface area contributed by atoms with E-state index in [1.807, 2.05) is 6.92 Å². The SMILES string of the molecule is CCCCC(=O)N/N=C/c1c(O)n(C)c(=S)n(C)c1=O. The molecule has 0 atom stereocenters. The molecule has 0 aliphatic heterocycles. The summed E-state index contributed by atoms with van der Waals surface area (Å²) >= 11 is 4.98. The predicted molar refractivity (Wildman–Crippen MR) is 78.4 cm³/mol. The smallest absolute Gasteiger partial charge is 0.266 e. The summed E-state index contributed by atoms with van der Waals surface area (Å²) in [5.41, 5.74) is 1.81. The molecule has 0 aliphatic carbocycles. The van der Waals surface area contributed by atoms with Gasteiger partial charge in [0.05, 0.1) is 6.21 Å². The van der Waals surface area contributed by atoms with E-state index in [-0.39, 0.29) is 22.1 Å². The van der Waals surface area contributed by atoms with E-state index in [2.05, 4.69) is 10.5 Å². The first-order valence-electron chi connectivity index (χ1n) is 6.21. The van der Waals surface area contributed by atoms with Crippen molar-refractivity contribution >= 4 is 24.3 Å². The molecule has 0 unspecified atom stereocenters. The second-order valence-corrected chi connectivity index (χ2v) is 4.70. The number of carbonyl (C=O) groups is 1. The van der Waals surface area contributed by atoms with Crippen LogP contribution in [0.3, 0.4) is 0 Å². The Hall–Kier alpha value is -1.96. The Morgan fingerprint density at radius 3 is 2.70 bits per heavy atom. The molecule has 0 spiro atoms. The quantitative estimate of drug-likeness (QED) is 0.478. The molecule has 0 aromatic carbocycles. The van der Waals surface area contributed by atoms with Crippen LogP contribution < -0.4 is 11.0 Å². The Balaban J connectivity index is 2.97. The Kier molecular flexibility index (Phi) is 5.63. The van der Waals surface area contributed by atoms with Gasteiger partial charge in [-0.25, -0.2) is 5.43 Å². The Bertz CT molecular complexity index is 645. The first-order chi connectivity index (χ1) is 9.40. The second-order valence-electron chi connectivity index (χ2n) is 4.34. The Labute approximate surface area is 121 Å². The maximum absolute atomic E-state index is 11.9. The van der Waals surface area contributed by atoms with Crippen molar-refractivity contribution in [1.82, 2.24) is 14.6 Å². The highest BCUT2D eigenvalue weighted by Gasteiger charge is 2.11. The standard InChI is InChI=1S/C12H18N4O3S/c1-4-5-6-9(17)14-13-7-8-10(18)15(2)12(20)16(3)11(8)19/h7,18H,4-6H2,1-3H3,(H,14,17)/b13-7+. The van der Waals surface area contributed by atoms with Crippen LogP contribution in [0.4, 0.5) is 0 Å². The minimum Gasteiger partial charge on any atom is -0.494 e. The molecular weight excluding hydrogens is 280 g/mol. The number of aromatic hydroxyl groups is 1. The number of nitrogens with one attached hydrogen (secondary N) is 1. The molecular formula is C12H18N4O3S. The normalized spacial score (nSPS) is 10.9. The highest BCUT2D eigenvalue weighted by Crippen LogP contribution is 2.09. The van der Waals surface area contributed by atoms with E-state index in [1.54, 1.807) is 0 Å². The topological polar surface area (TPSA) is 88.6 Å². The van der Waals surface area contributed by atoms with Crippen molar-refractivity contribution in [3.63, 3.8) is 0 Å². The van der Waals surface area contributed by atoms with Gasteiger partial charge in [0.15, 0.2) is 4.77 Å².